The lowest BCUT2D eigenvalue weighted by atomic mass is 10.0. The molecule has 0 bridgehead atoms. The summed E-state index contributed by atoms with van der Waals surface area (Å²) in [6.45, 7) is 5.60. The number of aliphatic hydroxyl groups is 1. The summed E-state index contributed by atoms with van der Waals surface area (Å²) in [7, 11) is 0. The van der Waals surface area contributed by atoms with E-state index in [1.165, 1.54) is 4.90 Å². The fourth-order valence-electron chi connectivity index (χ4n) is 1.14. The first kappa shape index (κ1) is 12.4. The third kappa shape index (κ3) is 3.76. The molecular weight excluding hydrogens is 206 g/mol. The van der Waals surface area contributed by atoms with Crippen molar-refractivity contribution in [3.63, 3.8) is 0 Å². The Bertz CT molecular complexity index is 320. The Morgan fingerprint density at radius 3 is 2.60 bits per heavy atom. The number of hydrogen-bond donors (Lipinski definition) is 2. The Balaban J connectivity index is 2.72. The molecule has 0 aliphatic carbocycles. The highest BCUT2D eigenvalue weighted by Crippen LogP contribution is 2.21. The normalized spacial score (nSPS) is 13.7. The van der Waals surface area contributed by atoms with Crippen molar-refractivity contribution >= 4 is 17.4 Å². The molecule has 0 aliphatic heterocycles. The molecule has 1 atom stereocenters. The van der Waals surface area contributed by atoms with Crippen molar-refractivity contribution in [1.29, 1.82) is 0 Å². The van der Waals surface area contributed by atoms with Gasteiger partial charge in [-0.3, -0.25) is 0 Å². The van der Waals surface area contributed by atoms with Crippen LogP contribution in [0.4, 0.5) is 5.69 Å². The first-order valence-corrected chi connectivity index (χ1v) is 6.29. The van der Waals surface area contributed by atoms with Crippen LogP contribution in [0, 0.1) is 0 Å². The van der Waals surface area contributed by atoms with E-state index in [-0.39, 0.29) is 6.04 Å². The van der Waals surface area contributed by atoms with Gasteiger partial charge in [0, 0.05) is 10.6 Å². The average molecular weight is 225 g/mol. The van der Waals surface area contributed by atoms with Crippen LogP contribution in [0.2, 0.25) is 0 Å². The van der Waals surface area contributed by atoms with Crippen LogP contribution in [0.5, 0.6) is 0 Å². The van der Waals surface area contributed by atoms with Gasteiger partial charge in [0.2, 0.25) is 0 Å². The summed E-state index contributed by atoms with van der Waals surface area (Å²) in [4.78, 5) is 1.22. The molecule has 0 saturated heterocycles. The molecule has 2 nitrogen and oxygen atoms in total. The summed E-state index contributed by atoms with van der Waals surface area (Å²) in [5.41, 5.74) is 0.339. The maximum atomic E-state index is 9.81. The second-order valence-electron chi connectivity index (χ2n) is 4.25. The zero-order valence-corrected chi connectivity index (χ0v) is 10.6. The number of benzene rings is 1. The molecule has 2 N–H and O–H groups in total. The van der Waals surface area contributed by atoms with E-state index in [0.717, 1.165) is 5.69 Å². The van der Waals surface area contributed by atoms with Crippen LogP contribution >= 0.6 is 11.8 Å². The van der Waals surface area contributed by atoms with Gasteiger partial charge in [0.1, 0.15) is 0 Å². The SMILES string of the molecule is CSc1cccc(NC(C)C(C)(C)O)c1. The molecule has 3 heteroatoms. The van der Waals surface area contributed by atoms with E-state index in [9.17, 15) is 5.11 Å². The minimum atomic E-state index is -0.713. The molecule has 1 rings (SSSR count). The van der Waals surface area contributed by atoms with Gasteiger partial charge in [-0.2, -0.15) is 0 Å². The molecule has 1 aromatic rings. The molecule has 0 fully saturated rings. The Labute approximate surface area is 96.1 Å². The number of anilines is 1. The van der Waals surface area contributed by atoms with Crippen LogP contribution < -0.4 is 5.32 Å². The lowest BCUT2D eigenvalue weighted by Crippen LogP contribution is -2.39. The maximum absolute atomic E-state index is 9.81. The Morgan fingerprint density at radius 2 is 2.07 bits per heavy atom. The zero-order chi connectivity index (χ0) is 11.5. The molecule has 15 heavy (non-hydrogen) atoms. The lowest BCUT2D eigenvalue weighted by molar-refractivity contribution is 0.0649. The highest BCUT2D eigenvalue weighted by Gasteiger charge is 2.21. The molecule has 0 aromatic heterocycles. The average Bonchev–Trinajstić information content (AvgIpc) is 2.16. The topological polar surface area (TPSA) is 32.3 Å². The number of rotatable bonds is 4. The molecular formula is C12H19NOS. The maximum Gasteiger partial charge on any atom is 0.0789 e. The highest BCUT2D eigenvalue weighted by atomic mass is 32.2. The minimum absolute atomic E-state index is 0.0228. The minimum Gasteiger partial charge on any atom is -0.388 e. The van der Waals surface area contributed by atoms with Crippen LogP contribution in [0.1, 0.15) is 20.8 Å². The lowest BCUT2D eigenvalue weighted by Gasteiger charge is -2.27. The number of thioether (sulfide) groups is 1. The first-order chi connectivity index (χ1) is 6.93. The predicted octanol–water partition coefficient (Wildman–Crippen LogP) is 2.98. The fraction of sp³-hybridized carbons (Fsp3) is 0.500. The quantitative estimate of drug-likeness (QED) is 0.773. The van der Waals surface area contributed by atoms with Crippen molar-refractivity contribution in [2.45, 2.75) is 37.3 Å². The van der Waals surface area contributed by atoms with E-state index in [4.69, 9.17) is 0 Å². The van der Waals surface area contributed by atoms with Gasteiger partial charge in [0.15, 0.2) is 0 Å². The molecule has 84 valence electrons. The second-order valence-corrected chi connectivity index (χ2v) is 5.13. The van der Waals surface area contributed by atoms with Crippen molar-refractivity contribution in [2.24, 2.45) is 0 Å². The fourth-order valence-corrected chi connectivity index (χ4v) is 1.60. The van der Waals surface area contributed by atoms with Gasteiger partial charge in [-0.15, -0.1) is 11.8 Å². The van der Waals surface area contributed by atoms with Crippen LogP contribution in [-0.4, -0.2) is 23.0 Å². The van der Waals surface area contributed by atoms with E-state index in [2.05, 4.69) is 23.7 Å². The zero-order valence-electron chi connectivity index (χ0n) is 9.74. The van der Waals surface area contributed by atoms with E-state index >= 15 is 0 Å². The van der Waals surface area contributed by atoms with E-state index in [1.807, 2.05) is 32.9 Å². The summed E-state index contributed by atoms with van der Waals surface area (Å²) >= 11 is 1.72. The summed E-state index contributed by atoms with van der Waals surface area (Å²) in [6.07, 6.45) is 2.05. The van der Waals surface area contributed by atoms with Crippen LogP contribution in [-0.2, 0) is 0 Å². The van der Waals surface area contributed by atoms with Gasteiger partial charge in [0.25, 0.3) is 0 Å². The molecule has 0 aliphatic rings. The molecule has 1 aromatic carbocycles. The predicted molar refractivity (Wildman–Crippen MR) is 67.6 cm³/mol. The smallest absolute Gasteiger partial charge is 0.0789 e. The monoisotopic (exact) mass is 225 g/mol. The van der Waals surface area contributed by atoms with Gasteiger partial charge in [-0.05, 0) is 45.2 Å². The van der Waals surface area contributed by atoms with Crippen molar-refractivity contribution in [3.8, 4) is 0 Å². The summed E-state index contributed by atoms with van der Waals surface area (Å²) in [5.74, 6) is 0. The molecule has 0 radical (unpaired) electrons. The van der Waals surface area contributed by atoms with Crippen molar-refractivity contribution in [1.82, 2.24) is 0 Å². The molecule has 1 unspecified atom stereocenters. The van der Waals surface area contributed by atoms with Gasteiger partial charge in [-0.1, -0.05) is 6.07 Å². The van der Waals surface area contributed by atoms with Gasteiger partial charge < -0.3 is 10.4 Å². The van der Waals surface area contributed by atoms with Gasteiger partial charge in [-0.25, -0.2) is 0 Å². The third-order valence-corrected chi connectivity index (χ3v) is 3.24. The summed E-state index contributed by atoms with van der Waals surface area (Å²) in [5, 5.41) is 13.1. The van der Waals surface area contributed by atoms with E-state index in [1.54, 1.807) is 11.8 Å². The van der Waals surface area contributed by atoms with Gasteiger partial charge in [0.05, 0.1) is 11.6 Å². The van der Waals surface area contributed by atoms with E-state index in [0.29, 0.717) is 0 Å². The number of nitrogens with one attached hydrogen (secondary N) is 1. The van der Waals surface area contributed by atoms with Crippen molar-refractivity contribution in [3.05, 3.63) is 24.3 Å². The molecule has 0 saturated carbocycles. The Hall–Kier alpha value is -0.670. The first-order valence-electron chi connectivity index (χ1n) is 5.06. The summed E-state index contributed by atoms with van der Waals surface area (Å²) in [6, 6.07) is 8.22. The second kappa shape index (κ2) is 4.90. The summed E-state index contributed by atoms with van der Waals surface area (Å²) < 4.78 is 0. The standard InChI is InChI=1S/C12H19NOS/c1-9(12(2,3)14)13-10-6-5-7-11(8-10)15-4/h5-9,13-14H,1-4H3. The Kier molecular flexibility index (Phi) is 4.05. The van der Waals surface area contributed by atoms with Crippen molar-refractivity contribution < 1.29 is 5.11 Å². The van der Waals surface area contributed by atoms with Crippen molar-refractivity contribution in [2.75, 3.05) is 11.6 Å². The van der Waals surface area contributed by atoms with Crippen LogP contribution in [0.3, 0.4) is 0 Å². The molecule has 0 spiro atoms. The van der Waals surface area contributed by atoms with Gasteiger partial charge >= 0.3 is 0 Å². The van der Waals surface area contributed by atoms with Crippen LogP contribution in [0.25, 0.3) is 0 Å². The highest BCUT2D eigenvalue weighted by molar-refractivity contribution is 7.98. The largest absolute Gasteiger partial charge is 0.388 e. The Morgan fingerprint density at radius 1 is 1.40 bits per heavy atom. The molecule has 0 heterocycles. The third-order valence-electron chi connectivity index (χ3n) is 2.51. The number of hydrogen-bond acceptors (Lipinski definition) is 3. The van der Waals surface area contributed by atoms with Crippen LogP contribution in [0.15, 0.2) is 29.2 Å². The molecule has 0 amide bonds. The van der Waals surface area contributed by atoms with E-state index < -0.39 is 5.60 Å².